The van der Waals surface area contributed by atoms with E-state index in [1.807, 2.05) is 6.92 Å². The van der Waals surface area contributed by atoms with Gasteiger partial charge in [0.25, 0.3) is 0 Å². The molecule has 2 aromatic carbocycles. The molecule has 1 unspecified atom stereocenters. The average Bonchev–Trinajstić information content (AvgIpc) is 2.99. The van der Waals surface area contributed by atoms with Crippen LogP contribution in [0.15, 0.2) is 42.5 Å². The van der Waals surface area contributed by atoms with Crippen LogP contribution in [-0.2, 0) is 11.3 Å². The van der Waals surface area contributed by atoms with Gasteiger partial charge in [0.15, 0.2) is 6.29 Å². The van der Waals surface area contributed by atoms with Crippen LogP contribution in [0.1, 0.15) is 35.4 Å². The van der Waals surface area contributed by atoms with Gasteiger partial charge in [0, 0.05) is 37.5 Å². The zero-order chi connectivity index (χ0) is 20.5. The van der Waals surface area contributed by atoms with Crippen molar-refractivity contribution >= 4 is 5.69 Å². The molecule has 0 saturated carbocycles. The van der Waals surface area contributed by atoms with E-state index in [0.29, 0.717) is 19.5 Å². The van der Waals surface area contributed by atoms with Crippen molar-refractivity contribution in [2.75, 3.05) is 11.4 Å². The van der Waals surface area contributed by atoms with E-state index in [9.17, 15) is 19.0 Å². The second-order valence-corrected chi connectivity index (χ2v) is 7.83. The summed E-state index contributed by atoms with van der Waals surface area (Å²) in [5, 5.41) is 20.0. The lowest BCUT2D eigenvalue weighted by Crippen LogP contribution is -2.40. The Bertz CT molecular complexity index is 835. The van der Waals surface area contributed by atoms with Crippen molar-refractivity contribution in [1.29, 1.82) is 0 Å². The van der Waals surface area contributed by atoms with Crippen LogP contribution in [0.25, 0.3) is 0 Å². The van der Waals surface area contributed by atoms with Crippen molar-refractivity contribution in [2.45, 2.75) is 57.3 Å². The van der Waals surface area contributed by atoms with Crippen LogP contribution in [0.2, 0.25) is 0 Å². The third-order valence-corrected chi connectivity index (χ3v) is 5.62. The zero-order valence-electron chi connectivity index (χ0n) is 16.2. The van der Waals surface area contributed by atoms with E-state index in [2.05, 4.69) is 27.8 Å². The van der Waals surface area contributed by atoms with E-state index in [0.717, 1.165) is 22.4 Å². The third kappa shape index (κ3) is 4.52. The molecule has 0 spiro atoms. The zero-order valence-corrected chi connectivity index (χ0v) is 16.2. The Labute approximate surface area is 168 Å². The van der Waals surface area contributed by atoms with Crippen molar-refractivity contribution < 1.29 is 28.5 Å². The molecule has 7 heteroatoms. The average molecular weight is 405 g/mol. The smallest absolute Gasteiger partial charge is 0.387 e. The largest absolute Gasteiger partial charge is 0.435 e. The number of nitrogens with zero attached hydrogens (tertiary/aromatic N) is 1. The number of aliphatic hydroxyl groups excluding tert-OH is 2. The number of anilines is 1. The van der Waals surface area contributed by atoms with Crippen LogP contribution in [0, 0.1) is 6.92 Å². The van der Waals surface area contributed by atoms with E-state index >= 15 is 0 Å². The number of benzene rings is 2. The molecule has 156 valence electrons. The molecule has 5 nitrogen and oxygen atoms in total. The van der Waals surface area contributed by atoms with E-state index in [-0.39, 0.29) is 24.2 Å². The second kappa shape index (κ2) is 8.26. The Kier molecular flexibility index (Phi) is 5.72. The fourth-order valence-corrected chi connectivity index (χ4v) is 4.33. The number of hydrogen-bond donors (Lipinski definition) is 2. The first-order valence-electron chi connectivity index (χ1n) is 9.80. The normalized spacial score (nSPS) is 26.6. The van der Waals surface area contributed by atoms with Crippen molar-refractivity contribution in [3.05, 3.63) is 59.2 Å². The lowest BCUT2D eigenvalue weighted by atomic mass is 9.89. The number of rotatable bonds is 5. The molecule has 29 heavy (non-hydrogen) atoms. The molecule has 1 saturated heterocycles. The summed E-state index contributed by atoms with van der Waals surface area (Å²) >= 11 is 0. The van der Waals surface area contributed by atoms with E-state index in [1.165, 1.54) is 0 Å². The molecule has 0 bridgehead atoms. The second-order valence-electron chi connectivity index (χ2n) is 7.83. The van der Waals surface area contributed by atoms with Crippen molar-refractivity contribution in [3.8, 4) is 5.75 Å². The minimum atomic E-state index is -2.84. The molecule has 1 fully saturated rings. The van der Waals surface area contributed by atoms with Gasteiger partial charge in [0.05, 0.1) is 12.2 Å². The first kappa shape index (κ1) is 20.1. The summed E-state index contributed by atoms with van der Waals surface area (Å²) in [6.07, 6.45) is -1.06. The Hall–Kier alpha value is -2.22. The molecular weight excluding hydrogens is 380 g/mol. The van der Waals surface area contributed by atoms with Gasteiger partial charge in [-0.1, -0.05) is 29.8 Å². The summed E-state index contributed by atoms with van der Waals surface area (Å²) < 4.78 is 34.9. The first-order valence-corrected chi connectivity index (χ1v) is 9.80. The maximum Gasteiger partial charge on any atom is 0.387 e. The van der Waals surface area contributed by atoms with Crippen LogP contribution in [0.5, 0.6) is 5.75 Å². The number of hydrogen-bond acceptors (Lipinski definition) is 5. The van der Waals surface area contributed by atoms with Crippen LogP contribution in [0.4, 0.5) is 14.5 Å². The Morgan fingerprint density at radius 2 is 1.90 bits per heavy atom. The molecule has 0 aliphatic carbocycles. The molecule has 0 amide bonds. The number of ether oxygens (including phenoxy) is 2. The number of fused-ring (bicyclic) bond motifs is 1. The molecule has 2 aromatic rings. The summed E-state index contributed by atoms with van der Waals surface area (Å²) in [5.74, 6) is 0.175. The third-order valence-electron chi connectivity index (χ3n) is 5.62. The summed E-state index contributed by atoms with van der Waals surface area (Å²) in [4.78, 5) is 2.22. The maximum atomic E-state index is 12.3. The van der Waals surface area contributed by atoms with E-state index in [1.54, 1.807) is 24.3 Å². The highest BCUT2D eigenvalue weighted by Gasteiger charge is 2.39. The molecule has 2 aliphatic rings. The van der Waals surface area contributed by atoms with Gasteiger partial charge >= 0.3 is 6.61 Å². The molecule has 0 radical (unpaired) electrons. The summed E-state index contributed by atoms with van der Waals surface area (Å²) in [5.41, 5.74) is 4.35. The van der Waals surface area contributed by atoms with Gasteiger partial charge < -0.3 is 24.6 Å². The van der Waals surface area contributed by atoms with Gasteiger partial charge in [-0.2, -0.15) is 8.78 Å². The number of alkyl halides is 2. The van der Waals surface area contributed by atoms with Gasteiger partial charge in [0.1, 0.15) is 5.75 Å². The van der Waals surface area contributed by atoms with Crippen LogP contribution < -0.4 is 9.64 Å². The van der Waals surface area contributed by atoms with Crippen molar-refractivity contribution in [2.24, 2.45) is 0 Å². The highest BCUT2D eigenvalue weighted by Crippen LogP contribution is 2.43. The lowest BCUT2D eigenvalue weighted by Gasteiger charge is -2.34. The summed E-state index contributed by atoms with van der Waals surface area (Å²) in [7, 11) is 0. The van der Waals surface area contributed by atoms with E-state index < -0.39 is 19.0 Å². The van der Waals surface area contributed by atoms with E-state index in [4.69, 9.17) is 4.74 Å². The van der Waals surface area contributed by atoms with Crippen molar-refractivity contribution in [1.82, 2.24) is 0 Å². The molecule has 4 rings (SSSR count). The Morgan fingerprint density at radius 3 is 2.59 bits per heavy atom. The molecule has 4 atom stereocenters. The van der Waals surface area contributed by atoms with Gasteiger partial charge in [-0.05, 0) is 36.2 Å². The lowest BCUT2D eigenvalue weighted by molar-refractivity contribution is -0.193. The fraction of sp³-hybridized carbons (Fsp3) is 0.455. The quantitative estimate of drug-likeness (QED) is 0.797. The monoisotopic (exact) mass is 405 g/mol. The molecular formula is C22H25F2NO4. The Morgan fingerprint density at radius 1 is 1.14 bits per heavy atom. The van der Waals surface area contributed by atoms with Crippen LogP contribution in [-0.4, -0.2) is 41.9 Å². The number of aryl methyl sites for hydroxylation is 1. The predicted octanol–water partition coefficient (Wildman–Crippen LogP) is 3.56. The van der Waals surface area contributed by atoms with Gasteiger partial charge in [-0.25, -0.2) is 0 Å². The number of halogens is 2. The minimum Gasteiger partial charge on any atom is -0.435 e. The van der Waals surface area contributed by atoms with Gasteiger partial charge in [-0.3, -0.25) is 0 Å². The first-order chi connectivity index (χ1) is 13.9. The molecule has 2 aliphatic heterocycles. The highest BCUT2D eigenvalue weighted by molar-refractivity contribution is 5.62. The van der Waals surface area contributed by atoms with Crippen LogP contribution in [0.3, 0.4) is 0 Å². The SMILES string of the molecule is Cc1ccc2c(c1)C([C@H]1C[C@@H](O)C[C@@H](O)O1)CN2Cc1ccc(OC(F)F)cc1. The molecule has 2 heterocycles. The van der Waals surface area contributed by atoms with Gasteiger partial charge in [-0.15, -0.1) is 0 Å². The van der Waals surface area contributed by atoms with Gasteiger partial charge in [0.2, 0.25) is 0 Å². The standard InChI is InChI=1S/C22H25F2NO4/c1-13-2-7-19-17(8-13)18(20-9-15(26)10-21(27)29-20)12-25(19)11-14-3-5-16(6-4-14)28-22(23)24/h2-8,15,18,20-22,26-27H,9-12H2,1H3/t15-,18?,20-,21+/m1/s1. The maximum absolute atomic E-state index is 12.3. The summed E-state index contributed by atoms with van der Waals surface area (Å²) in [6, 6.07) is 12.9. The highest BCUT2D eigenvalue weighted by atomic mass is 19.3. The number of aliphatic hydroxyl groups is 2. The Balaban J connectivity index is 1.54. The fourth-order valence-electron chi connectivity index (χ4n) is 4.33. The minimum absolute atomic E-state index is 0.0379. The predicted molar refractivity (Wildman–Crippen MR) is 104 cm³/mol. The van der Waals surface area contributed by atoms with Crippen LogP contribution >= 0.6 is 0 Å². The molecule has 0 aromatic heterocycles. The summed E-state index contributed by atoms with van der Waals surface area (Å²) in [6.45, 7) is 0.501. The molecule has 2 N–H and O–H groups in total. The topological polar surface area (TPSA) is 62.2 Å². The van der Waals surface area contributed by atoms with Crippen molar-refractivity contribution in [3.63, 3.8) is 0 Å².